The lowest BCUT2D eigenvalue weighted by Gasteiger charge is -2.55. The molecule has 0 aliphatic carbocycles. The lowest BCUT2D eigenvalue weighted by Crippen LogP contribution is -2.77. The van der Waals surface area contributed by atoms with Crippen LogP contribution in [0.3, 0.4) is 0 Å². The highest BCUT2D eigenvalue weighted by Crippen LogP contribution is 2.33. The molecular formula is C13H20N2O5. The van der Waals surface area contributed by atoms with Gasteiger partial charge >= 0.3 is 18.5 Å². The van der Waals surface area contributed by atoms with Crippen LogP contribution in [0, 0.1) is 0 Å². The molecule has 1 amide bonds. The second kappa shape index (κ2) is 5.05. The Morgan fingerprint density at radius 2 is 1.80 bits per heavy atom. The minimum Gasteiger partial charge on any atom is -0.444 e. The second-order valence-corrected chi connectivity index (χ2v) is 6.21. The fraction of sp³-hybridized carbons (Fsp3) is 0.769. The van der Waals surface area contributed by atoms with Gasteiger partial charge in [0.15, 0.2) is 5.54 Å². The highest BCUT2D eigenvalue weighted by atomic mass is 16.6. The lowest BCUT2D eigenvalue weighted by molar-refractivity contribution is -0.176. The van der Waals surface area contributed by atoms with Crippen molar-refractivity contribution >= 4 is 18.5 Å². The molecule has 0 aromatic rings. The van der Waals surface area contributed by atoms with Crippen molar-refractivity contribution in [2.24, 2.45) is 0 Å². The topological polar surface area (TPSA) is 76.1 Å². The predicted molar refractivity (Wildman–Crippen MR) is 68.9 cm³/mol. The Morgan fingerprint density at radius 1 is 1.20 bits per heavy atom. The summed E-state index contributed by atoms with van der Waals surface area (Å²) in [6, 6.07) is 0. The van der Waals surface area contributed by atoms with Gasteiger partial charge in [0.05, 0.1) is 13.1 Å². The van der Waals surface area contributed by atoms with Gasteiger partial charge in [0.2, 0.25) is 0 Å². The van der Waals surface area contributed by atoms with E-state index in [0.29, 0.717) is 0 Å². The van der Waals surface area contributed by atoms with Crippen LogP contribution in [0.25, 0.3) is 0 Å². The first-order valence-electron chi connectivity index (χ1n) is 6.66. The normalized spacial score (nSPS) is 21.4. The SMILES string of the molecule is CC(C)(C)OC(=O)N1CC(C(=O)OC=O)(N2CCC2)C1. The Labute approximate surface area is 117 Å². The molecule has 2 aliphatic rings. The maximum Gasteiger partial charge on any atom is 0.410 e. The summed E-state index contributed by atoms with van der Waals surface area (Å²) in [5.41, 5.74) is -1.45. The molecule has 0 spiro atoms. The number of carbonyl (C=O) groups is 3. The molecule has 20 heavy (non-hydrogen) atoms. The maximum absolute atomic E-state index is 12.0. The minimum atomic E-state index is -0.879. The Hall–Kier alpha value is -1.63. The first-order valence-corrected chi connectivity index (χ1v) is 6.66. The number of ether oxygens (including phenoxy) is 2. The molecule has 0 unspecified atom stereocenters. The third-order valence-corrected chi connectivity index (χ3v) is 3.55. The van der Waals surface area contributed by atoms with Crippen molar-refractivity contribution in [2.75, 3.05) is 26.2 Å². The maximum atomic E-state index is 12.0. The highest BCUT2D eigenvalue weighted by Gasteiger charge is 2.58. The van der Waals surface area contributed by atoms with Crippen LogP contribution in [-0.2, 0) is 19.1 Å². The van der Waals surface area contributed by atoms with Crippen LogP contribution in [0.2, 0.25) is 0 Å². The number of likely N-dealkylation sites (tertiary alicyclic amines) is 2. The van der Waals surface area contributed by atoms with Crippen molar-refractivity contribution in [3.05, 3.63) is 0 Å². The van der Waals surface area contributed by atoms with E-state index in [1.54, 1.807) is 20.8 Å². The van der Waals surface area contributed by atoms with E-state index in [4.69, 9.17) is 4.74 Å². The van der Waals surface area contributed by atoms with E-state index in [9.17, 15) is 14.4 Å². The number of nitrogens with zero attached hydrogens (tertiary/aromatic N) is 2. The van der Waals surface area contributed by atoms with Gasteiger partial charge in [0.25, 0.3) is 0 Å². The molecule has 0 radical (unpaired) electrons. The molecule has 0 saturated carbocycles. The van der Waals surface area contributed by atoms with E-state index in [-0.39, 0.29) is 19.6 Å². The lowest BCUT2D eigenvalue weighted by atomic mass is 9.85. The third-order valence-electron chi connectivity index (χ3n) is 3.55. The standard InChI is InChI=1S/C13H20N2O5/c1-12(2,3)20-11(18)14-7-13(8-14,10(17)19-9-16)15-5-4-6-15/h9H,4-8H2,1-3H3. The first-order chi connectivity index (χ1) is 9.28. The smallest absolute Gasteiger partial charge is 0.410 e. The van der Waals surface area contributed by atoms with E-state index in [0.717, 1.165) is 19.5 Å². The molecule has 7 heteroatoms. The van der Waals surface area contributed by atoms with Gasteiger partial charge in [0, 0.05) is 13.1 Å². The molecule has 7 nitrogen and oxygen atoms in total. The summed E-state index contributed by atoms with van der Waals surface area (Å²) < 4.78 is 9.75. The predicted octanol–water partition coefficient (Wildman–Crippen LogP) is 0.381. The summed E-state index contributed by atoms with van der Waals surface area (Å²) >= 11 is 0. The Kier molecular flexibility index (Phi) is 3.73. The fourth-order valence-corrected chi connectivity index (χ4v) is 2.40. The second-order valence-electron chi connectivity index (χ2n) is 6.21. The summed E-state index contributed by atoms with van der Waals surface area (Å²) in [4.78, 5) is 37.6. The van der Waals surface area contributed by atoms with Crippen molar-refractivity contribution < 1.29 is 23.9 Å². The van der Waals surface area contributed by atoms with E-state index in [1.165, 1.54) is 4.90 Å². The van der Waals surface area contributed by atoms with Crippen LogP contribution in [0.5, 0.6) is 0 Å². The Balaban J connectivity index is 1.99. The molecule has 2 heterocycles. The zero-order chi connectivity index (χ0) is 15.0. The minimum absolute atomic E-state index is 0.139. The van der Waals surface area contributed by atoms with Gasteiger partial charge in [-0.15, -0.1) is 0 Å². The first kappa shape index (κ1) is 14.8. The zero-order valence-corrected chi connectivity index (χ0v) is 12.0. The molecule has 0 aromatic heterocycles. The number of carbonyl (C=O) groups excluding carboxylic acids is 3. The van der Waals surface area contributed by atoms with E-state index in [1.807, 2.05) is 4.90 Å². The number of hydrogen-bond donors (Lipinski definition) is 0. The molecule has 0 atom stereocenters. The molecule has 2 saturated heterocycles. The average molecular weight is 284 g/mol. The van der Waals surface area contributed by atoms with Gasteiger partial charge in [-0.3, -0.25) is 9.69 Å². The van der Waals surface area contributed by atoms with Crippen molar-refractivity contribution in [3.8, 4) is 0 Å². The van der Waals surface area contributed by atoms with Crippen molar-refractivity contribution in [2.45, 2.75) is 38.3 Å². The van der Waals surface area contributed by atoms with Crippen LogP contribution in [0.4, 0.5) is 4.79 Å². The van der Waals surface area contributed by atoms with Gasteiger partial charge in [-0.25, -0.2) is 9.59 Å². The average Bonchev–Trinajstić information content (AvgIpc) is 2.16. The van der Waals surface area contributed by atoms with Gasteiger partial charge < -0.3 is 14.4 Å². The summed E-state index contributed by atoms with van der Waals surface area (Å²) in [5, 5.41) is 0. The monoisotopic (exact) mass is 284 g/mol. The third kappa shape index (κ3) is 2.63. The Bertz CT molecular complexity index is 419. The largest absolute Gasteiger partial charge is 0.444 e. The molecular weight excluding hydrogens is 264 g/mol. The van der Waals surface area contributed by atoms with E-state index < -0.39 is 23.2 Å². The molecule has 0 aromatic carbocycles. The van der Waals surface area contributed by atoms with Crippen LogP contribution >= 0.6 is 0 Å². The van der Waals surface area contributed by atoms with Crippen LogP contribution in [0.15, 0.2) is 0 Å². The van der Waals surface area contributed by atoms with Crippen molar-refractivity contribution in [1.82, 2.24) is 9.80 Å². The molecule has 2 fully saturated rings. The van der Waals surface area contributed by atoms with Crippen LogP contribution in [0.1, 0.15) is 27.2 Å². The molecule has 2 rings (SSSR count). The number of amides is 1. The number of esters is 1. The molecule has 0 N–H and O–H groups in total. The summed E-state index contributed by atoms with van der Waals surface area (Å²) in [6.07, 6.45) is 0.551. The molecule has 112 valence electrons. The van der Waals surface area contributed by atoms with E-state index in [2.05, 4.69) is 4.74 Å². The van der Waals surface area contributed by atoms with Gasteiger partial charge in [0.1, 0.15) is 5.60 Å². The Morgan fingerprint density at radius 3 is 2.20 bits per heavy atom. The summed E-state index contributed by atoms with van der Waals surface area (Å²) in [7, 11) is 0. The van der Waals surface area contributed by atoms with Gasteiger partial charge in [-0.05, 0) is 27.2 Å². The number of hydrogen-bond acceptors (Lipinski definition) is 6. The summed E-state index contributed by atoms with van der Waals surface area (Å²) in [5.74, 6) is -0.591. The van der Waals surface area contributed by atoms with Gasteiger partial charge in [-0.2, -0.15) is 0 Å². The zero-order valence-electron chi connectivity index (χ0n) is 12.0. The number of rotatable bonds is 3. The fourth-order valence-electron chi connectivity index (χ4n) is 2.40. The van der Waals surface area contributed by atoms with Gasteiger partial charge in [-0.1, -0.05) is 0 Å². The molecule has 0 bridgehead atoms. The van der Waals surface area contributed by atoms with Crippen LogP contribution in [-0.4, -0.2) is 65.7 Å². The van der Waals surface area contributed by atoms with Crippen molar-refractivity contribution in [1.29, 1.82) is 0 Å². The highest BCUT2D eigenvalue weighted by molar-refractivity contribution is 5.89. The van der Waals surface area contributed by atoms with Crippen molar-refractivity contribution in [3.63, 3.8) is 0 Å². The summed E-state index contributed by atoms with van der Waals surface area (Å²) in [6.45, 7) is 7.45. The molecule has 2 aliphatic heterocycles. The van der Waals surface area contributed by atoms with E-state index >= 15 is 0 Å². The van der Waals surface area contributed by atoms with Crippen LogP contribution < -0.4 is 0 Å². The quantitative estimate of drug-likeness (QED) is 0.424.